The van der Waals surface area contributed by atoms with E-state index >= 15 is 0 Å². The first-order valence-electron chi connectivity index (χ1n) is 9.61. The minimum absolute atomic E-state index is 0.379. The first-order chi connectivity index (χ1) is 13.3. The van der Waals surface area contributed by atoms with Gasteiger partial charge in [0.05, 0.1) is 30.9 Å². The van der Waals surface area contributed by atoms with Crippen LogP contribution in [0.1, 0.15) is 47.6 Å². The summed E-state index contributed by atoms with van der Waals surface area (Å²) in [6.07, 6.45) is 4.93. The molecular formula is C23H23NO2S. The topological polar surface area (TPSA) is 30.8 Å². The number of fused-ring (bicyclic) bond motifs is 4. The molecule has 3 nitrogen and oxygen atoms in total. The van der Waals surface area contributed by atoms with Crippen LogP contribution in [0.4, 0.5) is 0 Å². The van der Waals surface area contributed by atoms with Gasteiger partial charge < -0.3 is 9.47 Å². The molecule has 0 bridgehead atoms. The number of thiophene rings is 1. The fourth-order valence-electron chi connectivity index (χ4n) is 4.57. The molecule has 1 fully saturated rings. The smallest absolute Gasteiger partial charge is 0.161 e. The lowest BCUT2D eigenvalue weighted by molar-refractivity contribution is 0.349. The van der Waals surface area contributed by atoms with Gasteiger partial charge in [-0.15, -0.1) is 11.3 Å². The third-order valence-corrected chi connectivity index (χ3v) is 7.02. The average molecular weight is 378 g/mol. The van der Waals surface area contributed by atoms with Crippen molar-refractivity contribution in [3.05, 3.63) is 58.5 Å². The first-order valence-corrected chi connectivity index (χ1v) is 10.4. The standard InChI is InChI=1S/C23H23NO2S/c1-25-19-12-16-15-8-4-5-9-18(15)24-23(17(16)13-20(19)26-2)22-11-14-7-3-6-10-21(14)27-22/h3,6-7,10-13,15,18H,4-5,8-9H2,1-2H3/t15-,18-/m1/s1. The Bertz CT molecular complexity index is 1000. The maximum atomic E-state index is 5.61. The Balaban J connectivity index is 1.72. The largest absolute Gasteiger partial charge is 0.493 e. The average Bonchev–Trinajstić information content (AvgIpc) is 3.16. The quantitative estimate of drug-likeness (QED) is 0.578. The van der Waals surface area contributed by atoms with Gasteiger partial charge in [-0.2, -0.15) is 0 Å². The normalized spacial score (nSPS) is 21.3. The van der Waals surface area contributed by atoms with E-state index < -0.39 is 0 Å². The summed E-state index contributed by atoms with van der Waals surface area (Å²) in [5.74, 6) is 2.09. The number of benzene rings is 2. The van der Waals surface area contributed by atoms with Crippen molar-refractivity contribution in [1.82, 2.24) is 0 Å². The van der Waals surface area contributed by atoms with Crippen LogP contribution in [-0.4, -0.2) is 26.0 Å². The lowest BCUT2D eigenvalue weighted by Crippen LogP contribution is -2.29. The van der Waals surface area contributed by atoms with Crippen molar-refractivity contribution in [3.63, 3.8) is 0 Å². The first kappa shape index (κ1) is 16.8. The number of aliphatic imine (C=N–C) groups is 1. The molecule has 1 aliphatic heterocycles. The molecule has 1 aromatic heterocycles. The molecule has 0 saturated heterocycles. The van der Waals surface area contributed by atoms with Gasteiger partial charge in [-0.1, -0.05) is 31.0 Å². The Morgan fingerprint density at radius 3 is 2.56 bits per heavy atom. The van der Waals surface area contributed by atoms with Crippen LogP contribution in [0.2, 0.25) is 0 Å². The van der Waals surface area contributed by atoms with Crippen LogP contribution < -0.4 is 9.47 Å². The summed E-state index contributed by atoms with van der Waals surface area (Å²) < 4.78 is 12.5. The number of methoxy groups -OCH3 is 2. The molecule has 0 N–H and O–H groups in total. The third-order valence-electron chi connectivity index (χ3n) is 5.89. The van der Waals surface area contributed by atoms with Crippen molar-refractivity contribution < 1.29 is 9.47 Å². The second-order valence-electron chi connectivity index (χ2n) is 7.38. The van der Waals surface area contributed by atoms with Crippen LogP contribution in [0.5, 0.6) is 11.5 Å². The van der Waals surface area contributed by atoms with Crippen LogP contribution >= 0.6 is 11.3 Å². The van der Waals surface area contributed by atoms with Crippen LogP contribution in [0.25, 0.3) is 10.1 Å². The maximum absolute atomic E-state index is 5.61. The number of hydrogen-bond acceptors (Lipinski definition) is 4. The van der Waals surface area contributed by atoms with Crippen molar-refractivity contribution in [3.8, 4) is 11.5 Å². The summed E-state index contributed by atoms with van der Waals surface area (Å²) in [5.41, 5.74) is 3.71. The summed E-state index contributed by atoms with van der Waals surface area (Å²) in [5, 5.41) is 1.29. The Morgan fingerprint density at radius 2 is 1.74 bits per heavy atom. The number of hydrogen-bond donors (Lipinski definition) is 0. The van der Waals surface area contributed by atoms with E-state index in [1.807, 2.05) is 11.3 Å². The summed E-state index contributed by atoms with van der Waals surface area (Å²) in [7, 11) is 3.42. The van der Waals surface area contributed by atoms with E-state index in [1.165, 1.54) is 51.8 Å². The molecular weight excluding hydrogens is 354 g/mol. The Kier molecular flexibility index (Phi) is 4.16. The van der Waals surface area contributed by atoms with Gasteiger partial charge >= 0.3 is 0 Å². The van der Waals surface area contributed by atoms with Crippen LogP contribution in [0.15, 0.2) is 47.5 Å². The molecule has 2 atom stereocenters. The minimum Gasteiger partial charge on any atom is -0.493 e. The van der Waals surface area contributed by atoms with E-state index in [9.17, 15) is 0 Å². The second-order valence-corrected chi connectivity index (χ2v) is 8.46. The second kappa shape index (κ2) is 6.68. The van der Waals surface area contributed by atoms with Gasteiger partial charge in [0.2, 0.25) is 0 Å². The lowest BCUT2D eigenvalue weighted by atomic mass is 9.75. The van der Waals surface area contributed by atoms with E-state index in [4.69, 9.17) is 14.5 Å². The van der Waals surface area contributed by atoms with Crippen molar-refractivity contribution in [1.29, 1.82) is 0 Å². The summed E-state index contributed by atoms with van der Waals surface area (Å²) >= 11 is 1.83. The van der Waals surface area contributed by atoms with Gasteiger partial charge in [-0.3, -0.25) is 4.99 Å². The number of rotatable bonds is 3. The highest BCUT2D eigenvalue weighted by atomic mass is 32.1. The van der Waals surface area contributed by atoms with Gasteiger partial charge in [0.25, 0.3) is 0 Å². The third kappa shape index (κ3) is 2.74. The van der Waals surface area contributed by atoms with Crippen LogP contribution in [0.3, 0.4) is 0 Å². The highest BCUT2D eigenvalue weighted by Crippen LogP contribution is 2.45. The zero-order valence-corrected chi connectivity index (χ0v) is 16.5. The molecule has 2 aromatic carbocycles. The van der Waals surface area contributed by atoms with Gasteiger partial charge in [-0.05, 0) is 48.1 Å². The Labute approximate surface area is 163 Å². The molecule has 4 heteroatoms. The fraction of sp³-hybridized carbons (Fsp3) is 0.348. The van der Waals surface area contributed by atoms with E-state index in [0.717, 1.165) is 17.2 Å². The van der Waals surface area contributed by atoms with Crippen molar-refractivity contribution >= 4 is 27.1 Å². The summed E-state index contributed by atoms with van der Waals surface area (Å²) in [6.45, 7) is 0. The molecule has 0 radical (unpaired) electrons. The van der Waals surface area contributed by atoms with Crippen molar-refractivity contribution in [2.24, 2.45) is 4.99 Å². The monoisotopic (exact) mass is 377 g/mol. The lowest BCUT2D eigenvalue weighted by Gasteiger charge is -2.35. The molecule has 0 spiro atoms. The molecule has 1 saturated carbocycles. The van der Waals surface area contributed by atoms with Crippen LogP contribution in [0, 0.1) is 0 Å². The van der Waals surface area contributed by atoms with E-state index in [2.05, 4.69) is 42.5 Å². The zero-order valence-electron chi connectivity index (χ0n) is 15.7. The Morgan fingerprint density at radius 1 is 0.963 bits per heavy atom. The number of nitrogens with zero attached hydrogens (tertiary/aromatic N) is 1. The molecule has 1 aliphatic carbocycles. The van der Waals surface area contributed by atoms with Gasteiger partial charge in [0, 0.05) is 16.2 Å². The van der Waals surface area contributed by atoms with Crippen molar-refractivity contribution in [2.75, 3.05) is 14.2 Å². The predicted molar refractivity (Wildman–Crippen MR) is 112 cm³/mol. The predicted octanol–water partition coefficient (Wildman–Crippen LogP) is 5.80. The van der Waals surface area contributed by atoms with E-state index in [1.54, 1.807) is 14.2 Å². The van der Waals surface area contributed by atoms with E-state index in [0.29, 0.717) is 12.0 Å². The minimum atomic E-state index is 0.379. The maximum Gasteiger partial charge on any atom is 0.161 e. The molecule has 138 valence electrons. The van der Waals surface area contributed by atoms with Crippen LogP contribution in [-0.2, 0) is 0 Å². The summed E-state index contributed by atoms with van der Waals surface area (Å²) in [6, 6.07) is 15.5. The molecule has 5 rings (SSSR count). The fourth-order valence-corrected chi connectivity index (χ4v) is 5.64. The molecule has 2 aliphatic rings. The molecule has 0 unspecified atom stereocenters. The molecule has 3 aromatic rings. The SMILES string of the molecule is COc1cc2c(cc1OC)[C@H]1CCCC[C@H]1N=C2c1cc2ccccc2s1. The van der Waals surface area contributed by atoms with E-state index in [-0.39, 0.29) is 0 Å². The van der Waals surface area contributed by atoms with Gasteiger partial charge in [0.1, 0.15) is 0 Å². The summed E-state index contributed by atoms with van der Waals surface area (Å²) in [4.78, 5) is 6.52. The number of ether oxygens (including phenoxy) is 2. The molecule has 27 heavy (non-hydrogen) atoms. The molecule has 0 amide bonds. The van der Waals surface area contributed by atoms with Gasteiger partial charge in [-0.25, -0.2) is 0 Å². The zero-order chi connectivity index (χ0) is 18.4. The molecule has 2 heterocycles. The highest BCUT2D eigenvalue weighted by molar-refractivity contribution is 7.21. The Hall–Kier alpha value is -2.33. The highest BCUT2D eigenvalue weighted by Gasteiger charge is 2.35. The van der Waals surface area contributed by atoms with Gasteiger partial charge in [0.15, 0.2) is 11.5 Å². The van der Waals surface area contributed by atoms with Crippen molar-refractivity contribution in [2.45, 2.75) is 37.6 Å².